The molecule has 1 N–H and O–H groups in total. The van der Waals surface area contributed by atoms with Gasteiger partial charge in [0.25, 0.3) is 0 Å². The van der Waals surface area contributed by atoms with Gasteiger partial charge in [0, 0.05) is 23.1 Å². The van der Waals surface area contributed by atoms with Crippen LogP contribution in [0.2, 0.25) is 0 Å². The predicted molar refractivity (Wildman–Crippen MR) is 102 cm³/mol. The molecule has 0 aliphatic carbocycles. The summed E-state index contributed by atoms with van der Waals surface area (Å²) in [5.41, 5.74) is 2.90. The molecule has 130 valence electrons. The van der Waals surface area contributed by atoms with E-state index in [0.29, 0.717) is 12.8 Å². The Hall–Kier alpha value is -2.14. The van der Waals surface area contributed by atoms with E-state index in [0.717, 1.165) is 34.3 Å². The first-order valence-corrected chi connectivity index (χ1v) is 9.27. The molecular formula is C20H21BrN2O2. The van der Waals surface area contributed by atoms with Crippen LogP contribution >= 0.6 is 15.9 Å². The first-order chi connectivity index (χ1) is 12.0. The molecule has 0 bridgehead atoms. The first kappa shape index (κ1) is 17.7. The standard InChI is InChI=1S/C20H21BrN2O2/c1-14(17-5-2-3-6-18(17)21)22-19(24)13-15-8-10-16(11-9-15)23-12-4-7-20(23)25/h2-3,5-6,8-11,14H,4,7,12-13H2,1H3,(H,22,24). The van der Waals surface area contributed by atoms with Crippen LogP contribution in [-0.2, 0) is 16.0 Å². The lowest BCUT2D eigenvalue weighted by molar-refractivity contribution is -0.121. The van der Waals surface area contributed by atoms with Crippen molar-refractivity contribution < 1.29 is 9.59 Å². The summed E-state index contributed by atoms with van der Waals surface area (Å²) in [4.78, 5) is 25.9. The third-order valence-electron chi connectivity index (χ3n) is 4.44. The Labute approximate surface area is 156 Å². The molecule has 1 fully saturated rings. The minimum atomic E-state index is -0.0652. The molecule has 0 aromatic heterocycles. The molecular weight excluding hydrogens is 380 g/mol. The summed E-state index contributed by atoms with van der Waals surface area (Å²) in [5, 5.41) is 3.03. The normalized spacial score (nSPS) is 15.3. The minimum Gasteiger partial charge on any atom is -0.349 e. The average molecular weight is 401 g/mol. The van der Waals surface area contributed by atoms with Gasteiger partial charge in [0.2, 0.25) is 11.8 Å². The largest absolute Gasteiger partial charge is 0.349 e. The molecule has 0 saturated carbocycles. The topological polar surface area (TPSA) is 49.4 Å². The van der Waals surface area contributed by atoms with Gasteiger partial charge >= 0.3 is 0 Å². The van der Waals surface area contributed by atoms with E-state index in [9.17, 15) is 9.59 Å². The molecule has 4 nitrogen and oxygen atoms in total. The number of nitrogens with one attached hydrogen (secondary N) is 1. The van der Waals surface area contributed by atoms with E-state index in [4.69, 9.17) is 0 Å². The lowest BCUT2D eigenvalue weighted by Crippen LogP contribution is -2.28. The monoisotopic (exact) mass is 400 g/mol. The van der Waals surface area contributed by atoms with Gasteiger partial charge in [0.05, 0.1) is 12.5 Å². The van der Waals surface area contributed by atoms with Crippen LogP contribution in [-0.4, -0.2) is 18.4 Å². The van der Waals surface area contributed by atoms with Gasteiger partial charge in [-0.15, -0.1) is 0 Å². The summed E-state index contributed by atoms with van der Waals surface area (Å²) in [6, 6.07) is 15.5. The van der Waals surface area contributed by atoms with Crippen LogP contribution in [0.15, 0.2) is 53.0 Å². The molecule has 2 aromatic rings. The third-order valence-corrected chi connectivity index (χ3v) is 5.16. The van der Waals surface area contributed by atoms with E-state index < -0.39 is 0 Å². The molecule has 5 heteroatoms. The minimum absolute atomic E-state index is 0.0201. The Bertz CT molecular complexity index is 774. The quantitative estimate of drug-likeness (QED) is 0.824. The van der Waals surface area contributed by atoms with Gasteiger partial charge < -0.3 is 10.2 Å². The SMILES string of the molecule is CC(NC(=O)Cc1ccc(N2CCCC2=O)cc1)c1ccccc1Br. The van der Waals surface area contributed by atoms with Crippen molar-refractivity contribution in [1.29, 1.82) is 0 Å². The maximum atomic E-state index is 12.3. The summed E-state index contributed by atoms with van der Waals surface area (Å²) in [6.07, 6.45) is 1.86. The maximum Gasteiger partial charge on any atom is 0.227 e. The van der Waals surface area contributed by atoms with Gasteiger partial charge in [-0.1, -0.05) is 46.3 Å². The molecule has 1 heterocycles. The Morgan fingerprint density at radius 3 is 2.56 bits per heavy atom. The molecule has 1 aliphatic heterocycles. The van der Waals surface area contributed by atoms with Crippen molar-refractivity contribution in [3.8, 4) is 0 Å². The molecule has 1 atom stereocenters. The molecule has 0 spiro atoms. The fourth-order valence-electron chi connectivity index (χ4n) is 3.10. The molecule has 3 rings (SSSR count). The van der Waals surface area contributed by atoms with E-state index in [-0.39, 0.29) is 17.9 Å². The smallest absolute Gasteiger partial charge is 0.227 e. The zero-order valence-corrected chi connectivity index (χ0v) is 15.8. The van der Waals surface area contributed by atoms with Crippen molar-refractivity contribution in [3.05, 3.63) is 64.1 Å². The van der Waals surface area contributed by atoms with Crippen molar-refractivity contribution in [2.24, 2.45) is 0 Å². The second-order valence-corrected chi connectivity index (χ2v) is 7.16. The molecule has 2 aromatic carbocycles. The average Bonchev–Trinajstić information content (AvgIpc) is 3.02. The highest BCUT2D eigenvalue weighted by atomic mass is 79.9. The van der Waals surface area contributed by atoms with E-state index in [1.165, 1.54) is 0 Å². The summed E-state index contributed by atoms with van der Waals surface area (Å²) < 4.78 is 0.988. The Kier molecular flexibility index (Phi) is 5.53. The summed E-state index contributed by atoms with van der Waals surface area (Å²) in [6.45, 7) is 2.75. The molecule has 0 radical (unpaired) electrons. The van der Waals surface area contributed by atoms with Crippen LogP contribution in [0.5, 0.6) is 0 Å². The van der Waals surface area contributed by atoms with Crippen LogP contribution in [0.25, 0.3) is 0 Å². The summed E-state index contributed by atoms with van der Waals surface area (Å²) >= 11 is 3.52. The van der Waals surface area contributed by atoms with Crippen molar-refractivity contribution in [2.75, 3.05) is 11.4 Å². The number of rotatable bonds is 5. The number of halogens is 1. The van der Waals surface area contributed by atoms with Crippen molar-refractivity contribution >= 4 is 33.4 Å². The highest BCUT2D eigenvalue weighted by molar-refractivity contribution is 9.10. The van der Waals surface area contributed by atoms with E-state index in [1.807, 2.05) is 55.5 Å². The third kappa shape index (κ3) is 4.28. The van der Waals surface area contributed by atoms with E-state index in [1.54, 1.807) is 4.90 Å². The molecule has 1 unspecified atom stereocenters. The fourth-order valence-corrected chi connectivity index (χ4v) is 3.72. The first-order valence-electron chi connectivity index (χ1n) is 8.47. The second kappa shape index (κ2) is 7.83. The highest BCUT2D eigenvalue weighted by Crippen LogP contribution is 2.23. The number of anilines is 1. The molecule has 1 saturated heterocycles. The van der Waals surface area contributed by atoms with Crippen LogP contribution in [0.4, 0.5) is 5.69 Å². The number of amides is 2. The Morgan fingerprint density at radius 2 is 1.92 bits per heavy atom. The number of carbonyl (C=O) groups excluding carboxylic acids is 2. The van der Waals surface area contributed by atoms with Gasteiger partial charge in [-0.3, -0.25) is 9.59 Å². The number of hydrogen-bond donors (Lipinski definition) is 1. The number of nitrogens with zero attached hydrogens (tertiary/aromatic N) is 1. The second-order valence-electron chi connectivity index (χ2n) is 6.30. The lowest BCUT2D eigenvalue weighted by atomic mass is 10.1. The van der Waals surface area contributed by atoms with Crippen LogP contribution in [0.1, 0.15) is 36.9 Å². The van der Waals surface area contributed by atoms with Crippen molar-refractivity contribution in [3.63, 3.8) is 0 Å². The number of benzene rings is 2. The van der Waals surface area contributed by atoms with Crippen LogP contribution in [0, 0.1) is 0 Å². The number of hydrogen-bond acceptors (Lipinski definition) is 2. The number of carbonyl (C=O) groups is 2. The zero-order chi connectivity index (χ0) is 17.8. The molecule has 25 heavy (non-hydrogen) atoms. The zero-order valence-electron chi connectivity index (χ0n) is 14.2. The predicted octanol–water partition coefficient (Wildman–Crippen LogP) is 4.00. The van der Waals surface area contributed by atoms with Crippen LogP contribution in [0.3, 0.4) is 0 Å². The lowest BCUT2D eigenvalue weighted by Gasteiger charge is -2.17. The van der Waals surface area contributed by atoms with Crippen molar-refractivity contribution in [1.82, 2.24) is 5.32 Å². The summed E-state index contributed by atoms with van der Waals surface area (Å²) in [5.74, 6) is 0.154. The molecule has 2 amide bonds. The maximum absolute atomic E-state index is 12.3. The van der Waals surface area contributed by atoms with Crippen molar-refractivity contribution in [2.45, 2.75) is 32.2 Å². The van der Waals surface area contributed by atoms with E-state index in [2.05, 4.69) is 21.2 Å². The highest BCUT2D eigenvalue weighted by Gasteiger charge is 2.21. The van der Waals surface area contributed by atoms with Crippen LogP contribution < -0.4 is 10.2 Å². The van der Waals surface area contributed by atoms with Gasteiger partial charge in [-0.2, -0.15) is 0 Å². The molecule has 1 aliphatic rings. The fraction of sp³-hybridized carbons (Fsp3) is 0.300. The van der Waals surface area contributed by atoms with Gasteiger partial charge in [-0.25, -0.2) is 0 Å². The Morgan fingerprint density at radius 1 is 1.20 bits per heavy atom. The van der Waals surface area contributed by atoms with Gasteiger partial charge in [-0.05, 0) is 42.7 Å². The van der Waals surface area contributed by atoms with Gasteiger partial charge in [0.1, 0.15) is 0 Å². The van der Waals surface area contributed by atoms with E-state index >= 15 is 0 Å². The Balaban J connectivity index is 1.59. The van der Waals surface area contributed by atoms with Gasteiger partial charge in [0.15, 0.2) is 0 Å². The summed E-state index contributed by atoms with van der Waals surface area (Å²) in [7, 11) is 0.